The second-order valence-corrected chi connectivity index (χ2v) is 5.50. The van der Waals surface area contributed by atoms with Gasteiger partial charge >= 0.3 is 12.1 Å². The summed E-state index contributed by atoms with van der Waals surface area (Å²) >= 11 is 0. The SMILES string of the molecule is CC(C)(C)OC(=O)N1CCCC1.CCCC(=O)OC. The van der Waals surface area contributed by atoms with Crippen LogP contribution >= 0.6 is 0 Å². The second kappa shape index (κ2) is 8.77. The molecule has 1 amide bonds. The lowest BCUT2D eigenvalue weighted by Crippen LogP contribution is -2.34. The Bertz CT molecular complexity index is 278. The van der Waals surface area contributed by atoms with Gasteiger partial charge in [-0.15, -0.1) is 0 Å². The van der Waals surface area contributed by atoms with E-state index in [2.05, 4.69) is 4.74 Å². The molecule has 0 N–H and O–H groups in total. The van der Waals surface area contributed by atoms with Gasteiger partial charge in [0.1, 0.15) is 5.60 Å². The van der Waals surface area contributed by atoms with E-state index < -0.39 is 0 Å². The van der Waals surface area contributed by atoms with Crippen LogP contribution in [0, 0.1) is 0 Å². The van der Waals surface area contributed by atoms with Gasteiger partial charge < -0.3 is 14.4 Å². The minimum absolute atomic E-state index is 0.123. The minimum atomic E-state index is -0.361. The lowest BCUT2D eigenvalue weighted by atomic mass is 10.2. The third kappa shape index (κ3) is 9.33. The highest BCUT2D eigenvalue weighted by atomic mass is 16.6. The maximum Gasteiger partial charge on any atom is 0.410 e. The molecule has 0 aromatic carbocycles. The molecule has 5 nitrogen and oxygen atoms in total. The van der Waals surface area contributed by atoms with E-state index in [0.29, 0.717) is 6.42 Å². The number of amides is 1. The Morgan fingerprint density at radius 1 is 1.16 bits per heavy atom. The third-order valence-electron chi connectivity index (χ3n) is 2.44. The van der Waals surface area contributed by atoms with Gasteiger partial charge in [0, 0.05) is 19.5 Å². The lowest BCUT2D eigenvalue weighted by molar-refractivity contribution is -0.140. The highest BCUT2D eigenvalue weighted by molar-refractivity contribution is 5.69. The van der Waals surface area contributed by atoms with Crippen molar-refractivity contribution in [3.8, 4) is 0 Å². The molecule has 0 radical (unpaired) electrons. The molecule has 5 heteroatoms. The van der Waals surface area contributed by atoms with Crippen LogP contribution in [-0.4, -0.2) is 42.8 Å². The molecule has 1 aliphatic rings. The summed E-state index contributed by atoms with van der Waals surface area (Å²) in [5, 5.41) is 0. The van der Waals surface area contributed by atoms with E-state index in [1.807, 2.05) is 27.7 Å². The number of esters is 1. The van der Waals surface area contributed by atoms with E-state index >= 15 is 0 Å². The zero-order valence-electron chi connectivity index (χ0n) is 12.8. The smallest absolute Gasteiger partial charge is 0.410 e. The molecule has 19 heavy (non-hydrogen) atoms. The Kier molecular flexibility index (Phi) is 8.19. The molecule has 0 unspecified atom stereocenters. The van der Waals surface area contributed by atoms with E-state index in [1.54, 1.807) is 4.90 Å². The summed E-state index contributed by atoms with van der Waals surface area (Å²) < 4.78 is 9.56. The molecule has 1 aliphatic heterocycles. The first-order valence-electron chi connectivity index (χ1n) is 6.85. The zero-order chi connectivity index (χ0) is 14.9. The number of methoxy groups -OCH3 is 1. The summed E-state index contributed by atoms with van der Waals surface area (Å²) in [7, 11) is 1.40. The van der Waals surface area contributed by atoms with Crippen LogP contribution in [0.25, 0.3) is 0 Å². The first-order chi connectivity index (χ1) is 8.80. The summed E-state index contributed by atoms with van der Waals surface area (Å²) in [6.45, 7) is 9.32. The first kappa shape index (κ1) is 17.7. The largest absolute Gasteiger partial charge is 0.469 e. The van der Waals surface area contributed by atoms with Gasteiger partial charge in [-0.1, -0.05) is 6.92 Å². The molecule has 0 bridgehead atoms. The number of nitrogens with zero attached hydrogens (tertiary/aromatic N) is 1. The van der Waals surface area contributed by atoms with Crippen LogP contribution in [0.15, 0.2) is 0 Å². The van der Waals surface area contributed by atoms with Gasteiger partial charge in [-0.3, -0.25) is 4.79 Å². The molecule has 0 aromatic heterocycles. The van der Waals surface area contributed by atoms with E-state index in [4.69, 9.17) is 4.74 Å². The van der Waals surface area contributed by atoms with Crippen molar-refractivity contribution in [1.29, 1.82) is 0 Å². The zero-order valence-corrected chi connectivity index (χ0v) is 12.8. The topological polar surface area (TPSA) is 55.8 Å². The van der Waals surface area contributed by atoms with Crippen molar-refractivity contribution in [1.82, 2.24) is 4.90 Å². The van der Waals surface area contributed by atoms with Crippen LogP contribution in [0.4, 0.5) is 4.79 Å². The van der Waals surface area contributed by atoms with E-state index in [9.17, 15) is 9.59 Å². The van der Waals surface area contributed by atoms with Crippen LogP contribution in [0.1, 0.15) is 53.4 Å². The van der Waals surface area contributed by atoms with Gasteiger partial charge in [-0.25, -0.2) is 4.79 Å². The molecule has 0 saturated carbocycles. The molecule has 0 aromatic rings. The molecule has 1 rings (SSSR count). The van der Waals surface area contributed by atoms with Crippen molar-refractivity contribution in [3.63, 3.8) is 0 Å². The molecule has 0 aliphatic carbocycles. The summed E-state index contributed by atoms with van der Waals surface area (Å²) in [6.07, 6.45) is 3.46. The summed E-state index contributed by atoms with van der Waals surface area (Å²) in [5.41, 5.74) is -0.361. The maximum absolute atomic E-state index is 11.4. The normalized spacial score (nSPS) is 14.5. The number of hydrogen-bond acceptors (Lipinski definition) is 4. The number of likely N-dealkylation sites (tertiary alicyclic amines) is 1. The van der Waals surface area contributed by atoms with Crippen molar-refractivity contribution in [2.75, 3.05) is 20.2 Å². The molecular formula is C14H27NO4. The Labute approximate surface area is 116 Å². The van der Waals surface area contributed by atoms with Crippen molar-refractivity contribution in [2.24, 2.45) is 0 Å². The Morgan fingerprint density at radius 3 is 2.00 bits per heavy atom. The van der Waals surface area contributed by atoms with Gasteiger partial charge in [0.2, 0.25) is 0 Å². The number of hydrogen-bond donors (Lipinski definition) is 0. The average molecular weight is 273 g/mol. The van der Waals surface area contributed by atoms with Crippen LogP contribution in [0.3, 0.4) is 0 Å². The van der Waals surface area contributed by atoms with Crippen molar-refractivity contribution >= 4 is 12.1 Å². The fraction of sp³-hybridized carbons (Fsp3) is 0.857. The molecule has 1 saturated heterocycles. The molecule has 0 spiro atoms. The van der Waals surface area contributed by atoms with E-state index in [0.717, 1.165) is 32.4 Å². The van der Waals surface area contributed by atoms with Crippen molar-refractivity contribution in [3.05, 3.63) is 0 Å². The van der Waals surface area contributed by atoms with Crippen LogP contribution in [-0.2, 0) is 14.3 Å². The molecule has 0 atom stereocenters. The monoisotopic (exact) mass is 273 g/mol. The second-order valence-electron chi connectivity index (χ2n) is 5.50. The number of carbonyl (C=O) groups is 2. The quantitative estimate of drug-likeness (QED) is 0.726. The maximum atomic E-state index is 11.4. The van der Waals surface area contributed by atoms with Crippen LogP contribution in [0.5, 0.6) is 0 Å². The van der Waals surface area contributed by atoms with Gasteiger partial charge in [0.15, 0.2) is 0 Å². The molecule has 112 valence electrons. The number of ether oxygens (including phenoxy) is 2. The number of rotatable bonds is 2. The predicted molar refractivity (Wildman–Crippen MR) is 74.0 cm³/mol. The molecular weight excluding hydrogens is 246 g/mol. The Hall–Kier alpha value is -1.26. The van der Waals surface area contributed by atoms with Gasteiger partial charge in [0.25, 0.3) is 0 Å². The summed E-state index contributed by atoms with van der Waals surface area (Å²) in [6, 6.07) is 0. The minimum Gasteiger partial charge on any atom is -0.469 e. The fourth-order valence-corrected chi connectivity index (χ4v) is 1.53. The Balaban J connectivity index is 0.000000399. The summed E-state index contributed by atoms with van der Waals surface area (Å²) in [4.78, 5) is 23.3. The van der Waals surface area contributed by atoms with Gasteiger partial charge in [0.05, 0.1) is 7.11 Å². The van der Waals surface area contributed by atoms with Crippen molar-refractivity contribution < 1.29 is 19.1 Å². The predicted octanol–water partition coefficient (Wildman–Crippen LogP) is 2.98. The average Bonchev–Trinajstić information content (AvgIpc) is 2.81. The van der Waals surface area contributed by atoms with Crippen molar-refractivity contribution in [2.45, 2.75) is 59.0 Å². The Morgan fingerprint density at radius 2 is 1.68 bits per heavy atom. The summed E-state index contributed by atoms with van der Waals surface area (Å²) in [5.74, 6) is -0.123. The van der Waals surface area contributed by atoms with Gasteiger partial charge in [-0.05, 0) is 40.0 Å². The van der Waals surface area contributed by atoms with E-state index in [-0.39, 0.29) is 17.7 Å². The highest BCUT2D eigenvalue weighted by Crippen LogP contribution is 2.14. The van der Waals surface area contributed by atoms with Gasteiger partial charge in [-0.2, -0.15) is 0 Å². The van der Waals surface area contributed by atoms with E-state index in [1.165, 1.54) is 7.11 Å². The highest BCUT2D eigenvalue weighted by Gasteiger charge is 2.23. The third-order valence-corrected chi connectivity index (χ3v) is 2.44. The first-order valence-corrected chi connectivity index (χ1v) is 6.85. The molecule has 1 heterocycles. The molecule has 1 fully saturated rings. The van der Waals surface area contributed by atoms with Crippen LogP contribution in [0.2, 0.25) is 0 Å². The lowest BCUT2D eigenvalue weighted by Gasteiger charge is -2.23. The van der Waals surface area contributed by atoms with Crippen LogP contribution < -0.4 is 0 Å². The number of carbonyl (C=O) groups excluding carboxylic acids is 2. The standard InChI is InChI=1S/C9H17NO2.C5H10O2/c1-9(2,3)12-8(11)10-6-4-5-7-10;1-3-4-5(6)7-2/h4-7H2,1-3H3;3-4H2,1-2H3. The fourth-order valence-electron chi connectivity index (χ4n) is 1.53.